The summed E-state index contributed by atoms with van der Waals surface area (Å²) in [6.07, 6.45) is 1.82. The van der Waals surface area contributed by atoms with Crippen molar-refractivity contribution in [1.29, 1.82) is 0 Å². The SMILES string of the molecule is CCn1nccc1CN(C)C(=S)NC(C)C. The molecule has 0 fully saturated rings. The van der Waals surface area contributed by atoms with Crippen molar-refractivity contribution in [2.24, 2.45) is 0 Å². The molecule has 0 saturated carbocycles. The van der Waals surface area contributed by atoms with Gasteiger partial charge in [-0.2, -0.15) is 5.10 Å². The minimum atomic E-state index is 0.367. The van der Waals surface area contributed by atoms with E-state index in [1.165, 1.54) is 5.69 Å². The highest BCUT2D eigenvalue weighted by molar-refractivity contribution is 7.80. The molecular formula is C11H20N4S. The lowest BCUT2D eigenvalue weighted by molar-refractivity contribution is 0.452. The van der Waals surface area contributed by atoms with Gasteiger partial charge in [0.1, 0.15) is 0 Å². The van der Waals surface area contributed by atoms with Crippen LogP contribution in [0.15, 0.2) is 12.3 Å². The molecule has 0 aliphatic heterocycles. The number of nitrogens with one attached hydrogen (secondary N) is 1. The van der Waals surface area contributed by atoms with Crippen LogP contribution in [-0.2, 0) is 13.1 Å². The average molecular weight is 240 g/mol. The smallest absolute Gasteiger partial charge is 0.169 e. The molecule has 1 rings (SSSR count). The van der Waals surface area contributed by atoms with Crippen LogP contribution in [0.25, 0.3) is 0 Å². The molecule has 1 aromatic heterocycles. The van der Waals surface area contributed by atoms with E-state index < -0.39 is 0 Å². The van der Waals surface area contributed by atoms with Gasteiger partial charge in [-0.1, -0.05) is 0 Å². The Morgan fingerprint density at radius 3 is 2.88 bits per heavy atom. The third kappa shape index (κ3) is 3.48. The van der Waals surface area contributed by atoms with E-state index in [1.54, 1.807) is 0 Å². The molecule has 90 valence electrons. The highest BCUT2D eigenvalue weighted by Gasteiger charge is 2.08. The topological polar surface area (TPSA) is 33.1 Å². The predicted molar refractivity (Wildman–Crippen MR) is 70.2 cm³/mol. The van der Waals surface area contributed by atoms with Crippen molar-refractivity contribution >= 4 is 17.3 Å². The van der Waals surface area contributed by atoms with E-state index in [4.69, 9.17) is 12.2 Å². The monoisotopic (exact) mass is 240 g/mol. The third-order valence-corrected chi connectivity index (χ3v) is 2.69. The van der Waals surface area contributed by atoms with Crippen LogP contribution in [0.5, 0.6) is 0 Å². The number of aromatic nitrogens is 2. The van der Waals surface area contributed by atoms with Gasteiger partial charge in [-0.3, -0.25) is 4.68 Å². The summed E-state index contributed by atoms with van der Waals surface area (Å²) in [5.74, 6) is 0. The van der Waals surface area contributed by atoms with Crippen LogP contribution in [-0.4, -0.2) is 32.9 Å². The molecule has 0 radical (unpaired) electrons. The van der Waals surface area contributed by atoms with Crippen LogP contribution < -0.4 is 5.32 Å². The van der Waals surface area contributed by atoms with Crippen molar-refractivity contribution in [2.45, 2.75) is 39.9 Å². The van der Waals surface area contributed by atoms with E-state index in [1.807, 2.05) is 28.9 Å². The van der Waals surface area contributed by atoms with E-state index in [9.17, 15) is 0 Å². The molecule has 4 nitrogen and oxygen atoms in total. The van der Waals surface area contributed by atoms with Gasteiger partial charge >= 0.3 is 0 Å². The molecule has 0 aromatic carbocycles. The van der Waals surface area contributed by atoms with Gasteiger partial charge in [0.25, 0.3) is 0 Å². The van der Waals surface area contributed by atoms with Crippen molar-refractivity contribution in [2.75, 3.05) is 7.05 Å². The van der Waals surface area contributed by atoms with E-state index >= 15 is 0 Å². The number of hydrogen-bond donors (Lipinski definition) is 1. The van der Waals surface area contributed by atoms with Crippen molar-refractivity contribution in [3.05, 3.63) is 18.0 Å². The summed E-state index contributed by atoms with van der Waals surface area (Å²) in [7, 11) is 1.99. The van der Waals surface area contributed by atoms with Gasteiger partial charge in [0.2, 0.25) is 0 Å². The van der Waals surface area contributed by atoms with Gasteiger partial charge in [-0.05, 0) is 39.1 Å². The lowest BCUT2D eigenvalue weighted by Crippen LogP contribution is -2.40. The summed E-state index contributed by atoms with van der Waals surface area (Å²) in [5.41, 5.74) is 1.18. The zero-order chi connectivity index (χ0) is 12.1. The largest absolute Gasteiger partial charge is 0.360 e. The van der Waals surface area contributed by atoms with Gasteiger partial charge in [0.05, 0.1) is 12.2 Å². The minimum Gasteiger partial charge on any atom is -0.360 e. The highest BCUT2D eigenvalue weighted by atomic mass is 32.1. The first-order valence-corrected chi connectivity index (χ1v) is 5.97. The Hall–Kier alpha value is -1.10. The molecule has 0 spiro atoms. The summed E-state index contributed by atoms with van der Waals surface area (Å²) >= 11 is 5.29. The summed E-state index contributed by atoms with van der Waals surface area (Å²) < 4.78 is 1.98. The lowest BCUT2D eigenvalue weighted by atomic mass is 10.4. The predicted octanol–water partition coefficient (Wildman–Crippen LogP) is 1.62. The molecule has 1 aromatic rings. The number of aryl methyl sites for hydroxylation is 1. The first-order valence-electron chi connectivity index (χ1n) is 5.57. The molecule has 1 N–H and O–H groups in total. The minimum absolute atomic E-state index is 0.367. The van der Waals surface area contributed by atoms with Crippen molar-refractivity contribution in [1.82, 2.24) is 20.0 Å². The number of nitrogens with zero attached hydrogens (tertiary/aromatic N) is 3. The van der Waals surface area contributed by atoms with Crippen LogP contribution in [0, 0.1) is 0 Å². The number of hydrogen-bond acceptors (Lipinski definition) is 2. The molecule has 0 amide bonds. The molecule has 0 unspecified atom stereocenters. The van der Waals surface area contributed by atoms with Crippen molar-refractivity contribution in [3.8, 4) is 0 Å². The second-order valence-corrected chi connectivity index (χ2v) is 4.49. The standard InChI is InChI=1S/C11H20N4S/c1-5-15-10(6-7-12-15)8-14(4)11(16)13-9(2)3/h6-7,9H,5,8H2,1-4H3,(H,13,16). The fraction of sp³-hybridized carbons (Fsp3) is 0.636. The molecule has 0 saturated heterocycles. The highest BCUT2D eigenvalue weighted by Crippen LogP contribution is 2.03. The van der Waals surface area contributed by atoms with E-state index in [0.29, 0.717) is 6.04 Å². The third-order valence-electron chi connectivity index (χ3n) is 2.26. The summed E-state index contributed by atoms with van der Waals surface area (Å²) in [6.45, 7) is 7.92. The van der Waals surface area contributed by atoms with E-state index in [0.717, 1.165) is 18.2 Å². The molecule has 0 aliphatic carbocycles. The normalized spacial score (nSPS) is 10.6. The summed E-state index contributed by atoms with van der Waals surface area (Å²) in [6, 6.07) is 2.39. The summed E-state index contributed by atoms with van der Waals surface area (Å²) in [5, 5.41) is 8.23. The molecular weight excluding hydrogens is 220 g/mol. The Labute approximate surface area is 103 Å². The lowest BCUT2D eigenvalue weighted by Gasteiger charge is -2.22. The average Bonchev–Trinajstić information content (AvgIpc) is 2.64. The van der Waals surface area contributed by atoms with Crippen LogP contribution in [0.3, 0.4) is 0 Å². The van der Waals surface area contributed by atoms with Gasteiger partial charge in [0, 0.05) is 25.8 Å². The molecule has 0 aliphatic rings. The van der Waals surface area contributed by atoms with Crippen LogP contribution in [0.1, 0.15) is 26.5 Å². The van der Waals surface area contributed by atoms with Gasteiger partial charge in [-0.25, -0.2) is 0 Å². The second-order valence-electron chi connectivity index (χ2n) is 4.10. The Kier molecular flexibility index (Phi) is 4.73. The van der Waals surface area contributed by atoms with Crippen LogP contribution in [0.2, 0.25) is 0 Å². The Bertz CT molecular complexity index is 346. The Morgan fingerprint density at radius 1 is 1.62 bits per heavy atom. The molecule has 16 heavy (non-hydrogen) atoms. The first-order chi connectivity index (χ1) is 7.54. The molecule has 0 atom stereocenters. The molecule has 0 bridgehead atoms. The maximum atomic E-state index is 5.29. The van der Waals surface area contributed by atoms with Crippen molar-refractivity contribution < 1.29 is 0 Å². The van der Waals surface area contributed by atoms with E-state index in [-0.39, 0.29) is 0 Å². The fourth-order valence-electron chi connectivity index (χ4n) is 1.45. The Morgan fingerprint density at radius 2 is 2.31 bits per heavy atom. The van der Waals surface area contributed by atoms with Gasteiger partial charge < -0.3 is 10.2 Å². The maximum Gasteiger partial charge on any atom is 0.169 e. The van der Waals surface area contributed by atoms with Crippen LogP contribution in [0.4, 0.5) is 0 Å². The van der Waals surface area contributed by atoms with Crippen LogP contribution >= 0.6 is 12.2 Å². The van der Waals surface area contributed by atoms with Crippen molar-refractivity contribution in [3.63, 3.8) is 0 Å². The van der Waals surface area contributed by atoms with E-state index in [2.05, 4.69) is 31.2 Å². The maximum absolute atomic E-state index is 5.29. The first kappa shape index (κ1) is 13.0. The summed E-state index contributed by atoms with van der Waals surface area (Å²) in [4.78, 5) is 2.03. The second kappa shape index (κ2) is 5.84. The van der Waals surface area contributed by atoms with Gasteiger partial charge in [-0.15, -0.1) is 0 Å². The number of thiocarbonyl (C=S) groups is 1. The van der Waals surface area contributed by atoms with Gasteiger partial charge in [0.15, 0.2) is 5.11 Å². The molecule has 5 heteroatoms. The fourth-order valence-corrected chi connectivity index (χ4v) is 1.75. The quantitative estimate of drug-likeness (QED) is 0.811. The number of rotatable bonds is 4. The molecule has 1 heterocycles. The zero-order valence-corrected chi connectivity index (χ0v) is 11.2. The Balaban J connectivity index is 2.57. The zero-order valence-electron chi connectivity index (χ0n) is 10.4.